The first kappa shape index (κ1) is 35.3. The molecule has 0 amide bonds. The van der Waals surface area contributed by atoms with Crippen LogP contribution in [0.4, 0.5) is 0 Å². The number of ketones is 1. The molecule has 230 valence electrons. The molecule has 2 atom stereocenters. The molecule has 1 saturated carbocycles. The zero-order chi connectivity index (χ0) is 31.7. The highest BCUT2D eigenvalue weighted by Crippen LogP contribution is 2.33. The van der Waals surface area contributed by atoms with Crippen LogP contribution < -0.4 is 0 Å². The third-order valence-electron chi connectivity index (χ3n) is 6.53. The van der Waals surface area contributed by atoms with Crippen LogP contribution in [0, 0.1) is 5.92 Å². The number of carbonyl (C=O) groups is 1. The van der Waals surface area contributed by atoms with Gasteiger partial charge in [0.25, 0.3) is 0 Å². The third kappa shape index (κ3) is 14.3. The maximum Gasteiger partial charge on any atom is 0.171 e. The molecule has 5 nitrogen and oxygen atoms in total. The SMILES string of the molecule is C=C/C=C/C=C/C=C/OC1CC(C(=O)Cc2ccc(CO)cc2)CC(O/C=C/C=C/C=C/C=C)C1O/C=C/C=C/C=C/C=C. The summed E-state index contributed by atoms with van der Waals surface area (Å²) in [6, 6.07) is 7.44. The first-order chi connectivity index (χ1) is 21.6. The summed E-state index contributed by atoms with van der Waals surface area (Å²) in [5.41, 5.74) is 1.71. The Balaban J connectivity index is 2.29. The van der Waals surface area contributed by atoms with Gasteiger partial charge in [-0.05, 0) is 42.2 Å². The number of carbonyl (C=O) groups excluding carboxylic acids is 1. The Morgan fingerprint density at radius 2 is 1.00 bits per heavy atom. The lowest BCUT2D eigenvalue weighted by atomic mass is 9.79. The first-order valence-electron chi connectivity index (χ1n) is 14.6. The quantitative estimate of drug-likeness (QED) is 0.129. The average molecular weight is 593 g/mol. The lowest BCUT2D eigenvalue weighted by Gasteiger charge is -2.39. The molecule has 0 aromatic heterocycles. The zero-order valence-electron chi connectivity index (χ0n) is 25.3. The van der Waals surface area contributed by atoms with Gasteiger partial charge < -0.3 is 19.3 Å². The highest BCUT2D eigenvalue weighted by atomic mass is 16.6. The minimum atomic E-state index is -0.472. The number of aliphatic hydroxyl groups is 1. The lowest BCUT2D eigenvalue weighted by molar-refractivity contribution is -0.138. The third-order valence-corrected chi connectivity index (χ3v) is 6.53. The van der Waals surface area contributed by atoms with Gasteiger partial charge in [0, 0.05) is 12.3 Å². The minimum absolute atomic E-state index is 0.0352. The maximum atomic E-state index is 13.5. The molecule has 0 spiro atoms. The first-order valence-corrected chi connectivity index (χ1v) is 14.6. The van der Waals surface area contributed by atoms with Crippen molar-refractivity contribution < 1.29 is 24.1 Å². The van der Waals surface area contributed by atoms with Gasteiger partial charge in [-0.1, -0.05) is 135 Å². The van der Waals surface area contributed by atoms with Crippen LogP contribution in [-0.2, 0) is 32.0 Å². The standard InChI is InChI=1S/C39H44O5/c1-4-7-10-13-16-19-26-42-37-30-35(36(41)29-33-22-24-34(32-40)25-23-33)31-38(43-27-20-17-14-11-8-5-2)39(37)44-28-21-18-15-12-9-6-3/h4-28,35,37-40H,1-3,29-32H2/b10-7+,11-8+,12-9+,16-13+,17-14+,18-15+,26-19+,27-20+,28-21+. The van der Waals surface area contributed by atoms with E-state index < -0.39 is 18.3 Å². The monoisotopic (exact) mass is 592 g/mol. The predicted octanol–water partition coefficient (Wildman–Crippen LogP) is 8.29. The van der Waals surface area contributed by atoms with Crippen molar-refractivity contribution in [2.24, 2.45) is 5.92 Å². The van der Waals surface area contributed by atoms with Crippen molar-refractivity contribution in [3.63, 3.8) is 0 Å². The molecule has 0 bridgehead atoms. The van der Waals surface area contributed by atoms with E-state index in [1.807, 2.05) is 97.2 Å². The van der Waals surface area contributed by atoms with Gasteiger partial charge in [0.1, 0.15) is 18.0 Å². The fourth-order valence-electron chi connectivity index (χ4n) is 4.35. The molecule has 1 aliphatic rings. The van der Waals surface area contributed by atoms with Gasteiger partial charge in [-0.2, -0.15) is 0 Å². The fraction of sp³-hybridized carbons (Fsp3) is 0.205. The molecule has 2 unspecified atom stereocenters. The second kappa shape index (κ2) is 22.7. The van der Waals surface area contributed by atoms with Crippen LogP contribution in [0.5, 0.6) is 0 Å². The van der Waals surface area contributed by atoms with Crippen LogP contribution in [0.3, 0.4) is 0 Å². The Morgan fingerprint density at radius 1 is 0.614 bits per heavy atom. The number of ether oxygens (including phenoxy) is 3. The van der Waals surface area contributed by atoms with Crippen molar-refractivity contribution in [2.45, 2.75) is 44.2 Å². The van der Waals surface area contributed by atoms with Crippen molar-refractivity contribution >= 4 is 5.78 Å². The average Bonchev–Trinajstić information content (AvgIpc) is 3.04. The molecular weight excluding hydrogens is 548 g/mol. The fourth-order valence-corrected chi connectivity index (χ4v) is 4.35. The molecule has 1 aliphatic carbocycles. The smallest absolute Gasteiger partial charge is 0.171 e. The van der Waals surface area contributed by atoms with E-state index in [2.05, 4.69) is 19.7 Å². The number of benzene rings is 1. The summed E-state index contributed by atoms with van der Waals surface area (Å²) in [5.74, 6) is -0.194. The zero-order valence-corrected chi connectivity index (χ0v) is 25.3. The number of aliphatic hydroxyl groups excluding tert-OH is 1. The molecule has 0 heterocycles. The summed E-state index contributed by atoms with van der Waals surface area (Å²) in [7, 11) is 0. The number of hydrogen-bond acceptors (Lipinski definition) is 5. The predicted molar refractivity (Wildman–Crippen MR) is 181 cm³/mol. The lowest BCUT2D eigenvalue weighted by Crippen LogP contribution is -2.48. The molecular formula is C39H44O5. The summed E-state index contributed by atoms with van der Waals surface area (Å²) < 4.78 is 18.6. The number of hydrogen-bond donors (Lipinski definition) is 1. The van der Waals surface area contributed by atoms with Crippen LogP contribution >= 0.6 is 0 Å². The van der Waals surface area contributed by atoms with E-state index in [0.29, 0.717) is 12.8 Å². The second-order valence-electron chi connectivity index (χ2n) is 9.74. The van der Waals surface area contributed by atoms with Gasteiger partial charge in [-0.15, -0.1) is 0 Å². The summed E-state index contributed by atoms with van der Waals surface area (Å²) in [6.45, 7) is 10.9. The molecule has 1 N–H and O–H groups in total. The van der Waals surface area contributed by atoms with Gasteiger partial charge >= 0.3 is 0 Å². The van der Waals surface area contributed by atoms with Crippen molar-refractivity contribution in [1.82, 2.24) is 0 Å². The maximum absolute atomic E-state index is 13.5. The molecule has 2 rings (SSSR count). The van der Waals surface area contributed by atoms with Crippen LogP contribution in [-0.4, -0.2) is 29.2 Å². The Morgan fingerprint density at radius 3 is 1.43 bits per heavy atom. The Hall–Kier alpha value is -4.87. The van der Waals surface area contributed by atoms with Gasteiger partial charge in [0.2, 0.25) is 0 Å². The molecule has 0 aliphatic heterocycles. The van der Waals surface area contributed by atoms with E-state index in [1.54, 1.807) is 55.2 Å². The molecule has 1 fully saturated rings. The molecule has 0 radical (unpaired) electrons. The molecule has 1 aromatic rings. The van der Waals surface area contributed by atoms with E-state index in [-0.39, 0.29) is 24.7 Å². The molecule has 1 aromatic carbocycles. The highest BCUT2D eigenvalue weighted by Gasteiger charge is 2.43. The van der Waals surface area contributed by atoms with Gasteiger partial charge in [-0.3, -0.25) is 4.79 Å². The van der Waals surface area contributed by atoms with Crippen molar-refractivity contribution in [1.29, 1.82) is 0 Å². The van der Waals surface area contributed by atoms with Gasteiger partial charge in [0.05, 0.1) is 25.4 Å². The van der Waals surface area contributed by atoms with Crippen molar-refractivity contribution in [3.05, 3.63) is 183 Å². The van der Waals surface area contributed by atoms with Crippen LogP contribution in [0.2, 0.25) is 0 Å². The Kier molecular flexibility index (Phi) is 18.2. The van der Waals surface area contributed by atoms with Crippen LogP contribution in [0.1, 0.15) is 24.0 Å². The normalized spacial score (nSPS) is 21.3. The highest BCUT2D eigenvalue weighted by molar-refractivity contribution is 5.83. The minimum Gasteiger partial charge on any atom is -0.494 e. The van der Waals surface area contributed by atoms with Crippen molar-refractivity contribution in [3.8, 4) is 0 Å². The second-order valence-corrected chi connectivity index (χ2v) is 9.74. The van der Waals surface area contributed by atoms with Gasteiger partial charge in [0.15, 0.2) is 6.10 Å². The van der Waals surface area contributed by atoms with E-state index >= 15 is 0 Å². The Labute approximate surface area is 262 Å². The van der Waals surface area contributed by atoms with E-state index in [4.69, 9.17) is 14.2 Å². The summed E-state index contributed by atoms with van der Waals surface area (Å²) in [4.78, 5) is 13.5. The van der Waals surface area contributed by atoms with Crippen LogP contribution in [0.25, 0.3) is 0 Å². The van der Waals surface area contributed by atoms with E-state index in [9.17, 15) is 9.90 Å². The van der Waals surface area contributed by atoms with E-state index in [1.165, 1.54) is 0 Å². The number of Topliss-reactive ketones (excluding diaryl/α,β-unsaturated/α-hetero) is 1. The molecule has 44 heavy (non-hydrogen) atoms. The largest absolute Gasteiger partial charge is 0.494 e. The van der Waals surface area contributed by atoms with Crippen molar-refractivity contribution in [2.75, 3.05) is 0 Å². The topological polar surface area (TPSA) is 65.0 Å². The van der Waals surface area contributed by atoms with E-state index in [0.717, 1.165) is 11.1 Å². The summed E-state index contributed by atoms with van der Waals surface area (Å²) in [6.07, 6.45) is 37.5. The summed E-state index contributed by atoms with van der Waals surface area (Å²) >= 11 is 0. The summed E-state index contributed by atoms with van der Waals surface area (Å²) in [5, 5.41) is 9.35. The Bertz CT molecular complexity index is 1230. The van der Waals surface area contributed by atoms with Crippen LogP contribution in [0.15, 0.2) is 172 Å². The number of rotatable bonds is 19. The molecule has 5 heteroatoms. The number of allylic oxidation sites excluding steroid dienone is 18. The molecule has 0 saturated heterocycles. The van der Waals surface area contributed by atoms with Gasteiger partial charge in [-0.25, -0.2) is 0 Å².